The van der Waals surface area contributed by atoms with Gasteiger partial charge in [0.05, 0.1) is 19.3 Å². The van der Waals surface area contributed by atoms with Crippen LogP contribution < -0.4 is 5.73 Å². The van der Waals surface area contributed by atoms with Gasteiger partial charge in [0.1, 0.15) is 11.5 Å². The Kier molecular flexibility index (Phi) is 6.68. The summed E-state index contributed by atoms with van der Waals surface area (Å²) in [5.74, 6) is 1.70. The topological polar surface area (TPSA) is 99.1 Å². The molecule has 8 heteroatoms. The number of nitrogens with two attached hydrogens (primary N) is 1. The molecule has 24 heavy (non-hydrogen) atoms. The van der Waals surface area contributed by atoms with E-state index >= 15 is 0 Å². The van der Waals surface area contributed by atoms with Crippen LogP contribution in [0.5, 0.6) is 0 Å². The van der Waals surface area contributed by atoms with Crippen LogP contribution in [0, 0.1) is 0 Å². The van der Waals surface area contributed by atoms with Crippen molar-refractivity contribution >= 4 is 12.4 Å². The highest BCUT2D eigenvalue weighted by molar-refractivity contribution is 5.85. The molecule has 7 nitrogen and oxygen atoms in total. The van der Waals surface area contributed by atoms with Gasteiger partial charge < -0.3 is 15.6 Å². The van der Waals surface area contributed by atoms with Crippen LogP contribution in [0.1, 0.15) is 31.0 Å². The van der Waals surface area contributed by atoms with Gasteiger partial charge in [-0.15, -0.1) is 17.5 Å². The lowest BCUT2D eigenvalue weighted by Gasteiger charge is -2.32. The summed E-state index contributed by atoms with van der Waals surface area (Å²) in [4.78, 5) is 8.99. The average molecular weight is 354 g/mol. The average Bonchev–Trinajstić information content (AvgIpc) is 3.00. The smallest absolute Gasteiger partial charge is 0.200 e. The van der Waals surface area contributed by atoms with Crippen molar-refractivity contribution in [1.29, 1.82) is 0 Å². The fraction of sp³-hybridized carbons (Fsp3) is 0.562. The molecule has 3 rings (SSSR count). The Morgan fingerprint density at radius 3 is 2.83 bits per heavy atom. The Hall–Kier alpha value is -1.54. The summed E-state index contributed by atoms with van der Waals surface area (Å²) < 4.78 is 7.21. The first kappa shape index (κ1) is 18.8. The standard InChI is InChI=1S/C16H23N5O2.ClH/c1-23-14-6-5-11(10-12(14)17)16-19-15(20-21(16)8-9-22)13-4-2-3-7-18-13;/h2-4,7,11-12,14,22H,5-6,8-10,17H2,1H3;1H/t11-,12+,14+;/m0./s1. The van der Waals surface area contributed by atoms with Gasteiger partial charge in [-0.2, -0.15) is 0 Å². The maximum atomic E-state index is 9.31. The lowest BCUT2D eigenvalue weighted by Crippen LogP contribution is -2.41. The number of methoxy groups -OCH3 is 1. The van der Waals surface area contributed by atoms with Gasteiger partial charge in [0, 0.05) is 25.3 Å². The number of hydrogen-bond donors (Lipinski definition) is 2. The van der Waals surface area contributed by atoms with Crippen LogP contribution in [0.3, 0.4) is 0 Å². The lowest BCUT2D eigenvalue weighted by atomic mass is 9.83. The number of aromatic nitrogens is 4. The van der Waals surface area contributed by atoms with Gasteiger partial charge in [-0.05, 0) is 31.4 Å². The van der Waals surface area contributed by atoms with Crippen LogP contribution in [0.4, 0.5) is 0 Å². The Labute approximate surface area is 147 Å². The third-order valence-electron chi connectivity index (χ3n) is 4.41. The highest BCUT2D eigenvalue weighted by Gasteiger charge is 2.32. The molecule has 2 aromatic rings. The first-order valence-electron chi connectivity index (χ1n) is 7.98. The number of pyridine rings is 1. The second-order valence-corrected chi connectivity index (χ2v) is 5.90. The van der Waals surface area contributed by atoms with E-state index in [-0.39, 0.29) is 37.1 Å². The minimum Gasteiger partial charge on any atom is -0.394 e. The fourth-order valence-corrected chi connectivity index (χ4v) is 3.22. The van der Waals surface area contributed by atoms with Crippen LogP contribution in [-0.2, 0) is 11.3 Å². The highest BCUT2D eigenvalue weighted by Crippen LogP contribution is 2.33. The normalized spacial score (nSPS) is 23.7. The van der Waals surface area contributed by atoms with Crippen LogP contribution in [0.15, 0.2) is 24.4 Å². The monoisotopic (exact) mass is 353 g/mol. The maximum Gasteiger partial charge on any atom is 0.200 e. The number of hydrogen-bond acceptors (Lipinski definition) is 6. The molecule has 0 aromatic carbocycles. The van der Waals surface area contributed by atoms with Crippen molar-refractivity contribution in [2.45, 2.75) is 43.9 Å². The van der Waals surface area contributed by atoms with Gasteiger partial charge in [0.2, 0.25) is 0 Å². The Bertz CT molecular complexity index is 637. The van der Waals surface area contributed by atoms with Gasteiger partial charge >= 0.3 is 0 Å². The van der Waals surface area contributed by atoms with Gasteiger partial charge in [0.25, 0.3) is 0 Å². The summed E-state index contributed by atoms with van der Waals surface area (Å²) in [7, 11) is 1.71. The predicted octanol–water partition coefficient (Wildman–Crippen LogP) is 1.36. The molecule has 1 aliphatic rings. The summed E-state index contributed by atoms with van der Waals surface area (Å²) in [6.07, 6.45) is 4.51. The summed E-state index contributed by atoms with van der Waals surface area (Å²) in [5.41, 5.74) is 6.95. The van der Waals surface area contributed by atoms with Crippen molar-refractivity contribution in [1.82, 2.24) is 19.7 Å². The van der Waals surface area contributed by atoms with Gasteiger partial charge in [-0.1, -0.05) is 6.07 Å². The maximum absolute atomic E-state index is 9.31. The SMILES string of the molecule is CO[C@@H]1CC[C@H](c2nc(-c3ccccn3)nn2CCO)C[C@H]1N.Cl. The second-order valence-electron chi connectivity index (χ2n) is 5.90. The zero-order valence-electron chi connectivity index (χ0n) is 13.7. The molecular weight excluding hydrogens is 330 g/mol. The molecule has 0 radical (unpaired) electrons. The molecule has 0 amide bonds. The third kappa shape index (κ3) is 3.92. The van der Waals surface area contributed by atoms with Crippen molar-refractivity contribution in [2.24, 2.45) is 5.73 Å². The van der Waals surface area contributed by atoms with Gasteiger partial charge in [-0.25, -0.2) is 9.67 Å². The number of ether oxygens (including phenoxy) is 1. The number of nitrogens with zero attached hydrogens (tertiary/aromatic N) is 4. The van der Waals surface area contributed by atoms with Crippen molar-refractivity contribution in [3.05, 3.63) is 30.2 Å². The van der Waals surface area contributed by atoms with Crippen LogP contribution in [0.2, 0.25) is 0 Å². The van der Waals surface area contributed by atoms with E-state index in [1.165, 1.54) is 0 Å². The number of aliphatic hydroxyl groups excluding tert-OH is 1. The molecule has 3 N–H and O–H groups in total. The van der Waals surface area contributed by atoms with E-state index in [1.807, 2.05) is 18.2 Å². The summed E-state index contributed by atoms with van der Waals surface area (Å²) in [6, 6.07) is 5.65. The van der Waals surface area contributed by atoms with E-state index in [0.717, 1.165) is 30.8 Å². The molecule has 1 fully saturated rings. The zero-order valence-corrected chi connectivity index (χ0v) is 14.5. The van der Waals surface area contributed by atoms with E-state index in [4.69, 9.17) is 10.5 Å². The second kappa shape index (κ2) is 8.53. The van der Waals surface area contributed by atoms with Crippen LogP contribution in [-0.4, -0.2) is 50.7 Å². The molecule has 0 saturated heterocycles. The first-order chi connectivity index (χ1) is 11.2. The van der Waals surface area contributed by atoms with E-state index < -0.39 is 0 Å². The van der Waals surface area contributed by atoms with Crippen molar-refractivity contribution in [3.63, 3.8) is 0 Å². The quantitative estimate of drug-likeness (QED) is 0.842. The Morgan fingerprint density at radius 1 is 1.38 bits per heavy atom. The summed E-state index contributed by atoms with van der Waals surface area (Å²) in [6.45, 7) is 0.450. The van der Waals surface area contributed by atoms with Crippen molar-refractivity contribution < 1.29 is 9.84 Å². The molecule has 0 spiro atoms. The molecule has 0 unspecified atom stereocenters. The molecule has 1 aliphatic carbocycles. The Balaban J connectivity index is 0.00000208. The number of aliphatic hydroxyl groups is 1. The molecule has 3 atom stereocenters. The predicted molar refractivity (Wildman–Crippen MR) is 93.0 cm³/mol. The van der Waals surface area contributed by atoms with E-state index in [0.29, 0.717) is 12.4 Å². The summed E-state index contributed by atoms with van der Waals surface area (Å²) >= 11 is 0. The molecule has 0 bridgehead atoms. The number of rotatable bonds is 5. The molecule has 132 valence electrons. The zero-order chi connectivity index (χ0) is 16.2. The molecule has 0 aliphatic heterocycles. The third-order valence-corrected chi connectivity index (χ3v) is 4.41. The molecule has 2 aromatic heterocycles. The summed E-state index contributed by atoms with van der Waals surface area (Å²) in [5, 5.41) is 13.8. The van der Waals surface area contributed by atoms with E-state index in [2.05, 4.69) is 15.1 Å². The fourth-order valence-electron chi connectivity index (χ4n) is 3.22. The van der Waals surface area contributed by atoms with E-state index in [1.54, 1.807) is 18.0 Å². The molecule has 2 heterocycles. The van der Waals surface area contributed by atoms with Gasteiger partial charge in [0.15, 0.2) is 5.82 Å². The van der Waals surface area contributed by atoms with E-state index in [9.17, 15) is 5.11 Å². The lowest BCUT2D eigenvalue weighted by molar-refractivity contribution is 0.0478. The van der Waals surface area contributed by atoms with Crippen molar-refractivity contribution in [2.75, 3.05) is 13.7 Å². The van der Waals surface area contributed by atoms with Crippen LogP contribution in [0.25, 0.3) is 11.5 Å². The number of halogens is 1. The first-order valence-corrected chi connectivity index (χ1v) is 7.98. The Morgan fingerprint density at radius 2 is 2.21 bits per heavy atom. The minimum atomic E-state index is -0.00340. The molecule has 1 saturated carbocycles. The van der Waals surface area contributed by atoms with Crippen molar-refractivity contribution in [3.8, 4) is 11.5 Å². The highest BCUT2D eigenvalue weighted by atomic mass is 35.5. The van der Waals surface area contributed by atoms with Gasteiger partial charge in [-0.3, -0.25) is 4.98 Å². The minimum absolute atomic E-state index is 0. The van der Waals surface area contributed by atoms with Crippen LogP contribution >= 0.6 is 12.4 Å². The molecular formula is C16H24ClN5O2. The largest absolute Gasteiger partial charge is 0.394 e.